The summed E-state index contributed by atoms with van der Waals surface area (Å²) >= 11 is 0. The van der Waals surface area contributed by atoms with Gasteiger partial charge >= 0.3 is 59.1 Å². The van der Waals surface area contributed by atoms with Crippen molar-refractivity contribution in [1.82, 2.24) is 0 Å². The fourth-order valence-corrected chi connectivity index (χ4v) is 1.33. The molecule has 0 fully saturated rings. The number of aromatic carboxylic acids is 1. The van der Waals surface area contributed by atoms with Crippen LogP contribution in [0.15, 0.2) is 18.2 Å². The van der Waals surface area contributed by atoms with Crippen molar-refractivity contribution < 1.29 is 90.9 Å². The Hall–Kier alpha value is 0.200. The molecule has 0 amide bonds. The molecular weight excluding hydrogens is 286 g/mol. The molecule has 0 unspecified atom stereocenters. The van der Waals surface area contributed by atoms with Crippen LogP contribution in [0.25, 0.3) is 0 Å². The zero-order valence-electron chi connectivity index (χ0n) is 10.00. The van der Waals surface area contributed by atoms with Gasteiger partial charge in [0.15, 0.2) is 11.5 Å². The molecule has 0 aliphatic carbocycles. The average Bonchev–Trinajstić information content (AvgIpc) is 2.15. The van der Waals surface area contributed by atoms with E-state index in [0.29, 0.717) is 0 Å². The predicted octanol–water partition coefficient (Wildman–Crippen LogP) is -7.09. The second-order valence-corrected chi connectivity index (χ2v) is 3.63. The van der Waals surface area contributed by atoms with Crippen LogP contribution in [0.4, 0.5) is 0 Å². The van der Waals surface area contributed by atoms with E-state index in [-0.39, 0.29) is 76.2 Å². The molecule has 88 valence electrons. The van der Waals surface area contributed by atoms with E-state index in [1.807, 2.05) is 0 Å². The molecule has 7 nitrogen and oxygen atoms in total. The molecule has 0 radical (unpaired) electrons. The molecule has 0 saturated carbocycles. The smallest absolute Gasteiger partial charge is 0.716 e. The van der Waals surface area contributed by atoms with Crippen molar-refractivity contribution in [3.63, 3.8) is 0 Å². The van der Waals surface area contributed by atoms with Gasteiger partial charge in [0, 0.05) is 5.56 Å². The van der Waals surface area contributed by atoms with Crippen molar-refractivity contribution in [2.75, 3.05) is 7.11 Å². The van der Waals surface area contributed by atoms with Gasteiger partial charge in [-0.15, -0.1) is 0 Å². The van der Waals surface area contributed by atoms with Crippen molar-refractivity contribution >= 4 is 16.4 Å². The number of carbonyl (C=O) groups excluding carboxylic acids is 1. The summed E-state index contributed by atoms with van der Waals surface area (Å²) in [6.45, 7) is 0. The molecule has 1 aromatic carbocycles. The third-order valence-electron chi connectivity index (χ3n) is 1.59. The largest absolute Gasteiger partial charge is 1.00 e. The number of hydrogen-bond acceptors (Lipinski definition) is 7. The Morgan fingerprint density at radius 2 is 1.78 bits per heavy atom. The average molecular weight is 292 g/mol. The number of methoxy groups -OCH3 is 1. The van der Waals surface area contributed by atoms with Gasteiger partial charge in [-0.2, -0.15) is 0 Å². The second-order valence-electron chi connectivity index (χ2n) is 2.64. The van der Waals surface area contributed by atoms with Crippen LogP contribution >= 0.6 is 0 Å². The van der Waals surface area contributed by atoms with E-state index < -0.39 is 16.4 Å². The minimum absolute atomic E-state index is 0. The van der Waals surface area contributed by atoms with Gasteiger partial charge < -0.3 is 23.4 Å². The number of rotatable bonds is 4. The number of carboxylic acids is 1. The minimum Gasteiger partial charge on any atom is -0.716 e. The van der Waals surface area contributed by atoms with Gasteiger partial charge in [-0.3, -0.25) is 0 Å². The quantitative estimate of drug-likeness (QED) is 0.307. The van der Waals surface area contributed by atoms with Gasteiger partial charge in [-0.1, -0.05) is 0 Å². The van der Waals surface area contributed by atoms with Crippen molar-refractivity contribution in [3.05, 3.63) is 23.8 Å². The fourth-order valence-electron chi connectivity index (χ4n) is 0.973. The summed E-state index contributed by atoms with van der Waals surface area (Å²) in [4.78, 5) is 10.5. The first-order valence-electron chi connectivity index (χ1n) is 3.88. The van der Waals surface area contributed by atoms with Crippen LogP contribution in [0.1, 0.15) is 10.4 Å². The molecule has 1 aromatic rings. The molecule has 0 aliphatic heterocycles. The molecule has 0 spiro atoms. The predicted molar refractivity (Wildman–Crippen MR) is 47.6 cm³/mol. The van der Waals surface area contributed by atoms with Gasteiger partial charge in [0.05, 0.1) is 13.1 Å². The van der Waals surface area contributed by atoms with E-state index in [4.69, 9.17) is 0 Å². The van der Waals surface area contributed by atoms with Gasteiger partial charge in [0.25, 0.3) is 10.4 Å². The summed E-state index contributed by atoms with van der Waals surface area (Å²) in [5, 5.41) is 10.5. The SMILES string of the molecule is COc1cc(C(=O)[O-])ccc1OS(=O)(=O)[O-].[Na+].[Na+]. The van der Waals surface area contributed by atoms with Crippen LogP contribution in [0.5, 0.6) is 11.5 Å². The van der Waals surface area contributed by atoms with E-state index in [1.54, 1.807) is 0 Å². The van der Waals surface area contributed by atoms with E-state index in [0.717, 1.165) is 18.2 Å². The van der Waals surface area contributed by atoms with Gasteiger partial charge in [0.2, 0.25) is 0 Å². The van der Waals surface area contributed by atoms with Crippen LogP contribution in [0.2, 0.25) is 0 Å². The van der Waals surface area contributed by atoms with Crippen LogP contribution in [0, 0.1) is 0 Å². The van der Waals surface area contributed by atoms with Crippen LogP contribution in [-0.2, 0) is 10.4 Å². The topological polar surface area (TPSA) is 116 Å². The van der Waals surface area contributed by atoms with Crippen molar-refractivity contribution in [1.29, 1.82) is 0 Å². The third-order valence-corrected chi connectivity index (χ3v) is 1.97. The first-order valence-corrected chi connectivity index (χ1v) is 5.21. The molecule has 0 heterocycles. The molecule has 0 bridgehead atoms. The molecule has 0 N–H and O–H groups in total. The molecule has 0 aliphatic rings. The number of benzene rings is 1. The summed E-state index contributed by atoms with van der Waals surface area (Å²) in [5.74, 6) is -2.04. The van der Waals surface area contributed by atoms with Gasteiger partial charge in [-0.05, 0) is 18.2 Å². The number of carbonyl (C=O) groups is 1. The summed E-state index contributed by atoms with van der Waals surface area (Å²) in [5.41, 5.74) is -0.229. The Balaban J connectivity index is 0. The van der Waals surface area contributed by atoms with E-state index in [1.165, 1.54) is 7.11 Å². The van der Waals surface area contributed by atoms with Crippen molar-refractivity contribution in [2.45, 2.75) is 0 Å². The Morgan fingerprint density at radius 3 is 2.17 bits per heavy atom. The standard InChI is InChI=1S/C8H8O7S.2Na/c1-14-7-4-5(8(9)10)2-3-6(7)15-16(11,12)13;;/h2-4H,1H3,(H,9,10)(H,11,12,13);;/q;2*+1/p-2. The monoisotopic (exact) mass is 292 g/mol. The Kier molecular flexibility index (Phi) is 9.56. The van der Waals surface area contributed by atoms with Crippen LogP contribution in [0.3, 0.4) is 0 Å². The Morgan fingerprint density at radius 1 is 1.22 bits per heavy atom. The zero-order chi connectivity index (χ0) is 12.3. The first kappa shape index (κ1) is 20.5. The maximum absolute atomic E-state index is 10.5. The number of ether oxygens (including phenoxy) is 1. The zero-order valence-corrected chi connectivity index (χ0v) is 14.8. The number of hydrogen-bond donors (Lipinski definition) is 0. The summed E-state index contributed by atoms with van der Waals surface area (Å²) in [7, 11) is -3.77. The summed E-state index contributed by atoms with van der Waals surface area (Å²) in [6, 6.07) is 2.99. The maximum atomic E-state index is 10.5. The van der Waals surface area contributed by atoms with E-state index in [9.17, 15) is 22.9 Å². The van der Waals surface area contributed by atoms with Crippen molar-refractivity contribution in [2.24, 2.45) is 0 Å². The van der Waals surface area contributed by atoms with E-state index in [2.05, 4.69) is 8.92 Å². The molecule has 0 atom stereocenters. The van der Waals surface area contributed by atoms with Gasteiger partial charge in [0.1, 0.15) is 0 Å². The maximum Gasteiger partial charge on any atom is 1.00 e. The molecule has 0 saturated heterocycles. The molecule has 0 aromatic heterocycles. The Labute approximate surface area is 148 Å². The third kappa shape index (κ3) is 6.39. The normalized spacial score (nSPS) is 9.67. The molecule has 18 heavy (non-hydrogen) atoms. The van der Waals surface area contributed by atoms with Crippen LogP contribution in [-0.4, -0.2) is 26.0 Å². The van der Waals surface area contributed by atoms with Crippen LogP contribution < -0.4 is 73.1 Å². The summed E-state index contributed by atoms with van der Waals surface area (Å²) < 4.78 is 39.7. The summed E-state index contributed by atoms with van der Waals surface area (Å²) in [6.07, 6.45) is 0. The fraction of sp³-hybridized carbons (Fsp3) is 0.125. The van der Waals surface area contributed by atoms with Crippen molar-refractivity contribution in [3.8, 4) is 11.5 Å². The second kappa shape index (κ2) is 8.39. The number of carboxylic acid groups (broad SMARTS) is 1. The van der Waals surface area contributed by atoms with E-state index >= 15 is 0 Å². The minimum atomic E-state index is -4.94. The van der Waals surface area contributed by atoms with Gasteiger partial charge in [-0.25, -0.2) is 8.42 Å². The Bertz CT molecular complexity index is 514. The molecule has 10 heteroatoms. The first-order chi connectivity index (χ1) is 7.33. The molecule has 1 rings (SSSR count). The molecular formula is C8H6Na2O7S.